The molecule has 0 aliphatic carbocycles. The van der Waals surface area contributed by atoms with Crippen molar-refractivity contribution in [3.05, 3.63) is 24.3 Å². The van der Waals surface area contributed by atoms with Crippen LogP contribution in [0.5, 0.6) is 5.75 Å². The summed E-state index contributed by atoms with van der Waals surface area (Å²) in [4.78, 5) is 14.8. The molecule has 0 spiro atoms. The van der Waals surface area contributed by atoms with Crippen molar-refractivity contribution in [2.75, 3.05) is 44.8 Å². The minimum atomic E-state index is -0.0341. The van der Waals surface area contributed by atoms with Gasteiger partial charge in [-0.2, -0.15) is 0 Å². The highest BCUT2D eigenvalue weighted by molar-refractivity contribution is 5.93. The fourth-order valence-corrected chi connectivity index (χ4v) is 3.60. The van der Waals surface area contributed by atoms with E-state index in [4.69, 9.17) is 14.2 Å². The van der Waals surface area contributed by atoms with Gasteiger partial charge in [0.1, 0.15) is 5.75 Å². The molecular weight excluding hydrogens is 332 g/mol. The van der Waals surface area contributed by atoms with Crippen LogP contribution in [0.1, 0.15) is 32.6 Å². The van der Waals surface area contributed by atoms with E-state index in [1.807, 2.05) is 31.2 Å². The molecular formula is C20H30N2O4. The number of nitrogens with zero attached hydrogens (tertiary/aromatic N) is 1. The van der Waals surface area contributed by atoms with Crippen LogP contribution < -0.4 is 10.1 Å². The average Bonchev–Trinajstić information content (AvgIpc) is 3.31. The van der Waals surface area contributed by atoms with E-state index < -0.39 is 0 Å². The van der Waals surface area contributed by atoms with Gasteiger partial charge in [-0.05, 0) is 44.7 Å². The smallest absolute Gasteiger partial charge is 0.238 e. The van der Waals surface area contributed by atoms with Crippen LogP contribution in [0.25, 0.3) is 0 Å². The Hall–Kier alpha value is -1.63. The van der Waals surface area contributed by atoms with Gasteiger partial charge in [-0.15, -0.1) is 0 Å². The molecule has 2 saturated heterocycles. The Morgan fingerprint density at radius 1 is 1.15 bits per heavy atom. The first-order chi connectivity index (χ1) is 12.7. The molecule has 2 heterocycles. The number of nitrogens with one attached hydrogen (secondary N) is 1. The fraction of sp³-hybridized carbons (Fsp3) is 0.650. The first-order valence-electron chi connectivity index (χ1n) is 9.72. The van der Waals surface area contributed by atoms with Gasteiger partial charge in [0.25, 0.3) is 0 Å². The number of carbonyl (C=O) groups excluding carboxylic acids is 1. The maximum absolute atomic E-state index is 12.6. The van der Waals surface area contributed by atoms with Crippen LogP contribution in [0.2, 0.25) is 0 Å². The Morgan fingerprint density at radius 2 is 1.81 bits per heavy atom. The van der Waals surface area contributed by atoms with Crippen molar-refractivity contribution in [1.29, 1.82) is 0 Å². The van der Waals surface area contributed by atoms with Gasteiger partial charge in [0, 0.05) is 26.3 Å². The molecule has 0 bridgehead atoms. The lowest BCUT2D eigenvalue weighted by Gasteiger charge is -2.27. The van der Waals surface area contributed by atoms with Gasteiger partial charge in [-0.3, -0.25) is 9.69 Å². The number of anilines is 1. The summed E-state index contributed by atoms with van der Waals surface area (Å²) >= 11 is 0. The van der Waals surface area contributed by atoms with E-state index in [2.05, 4.69) is 10.2 Å². The minimum Gasteiger partial charge on any atom is -0.492 e. The summed E-state index contributed by atoms with van der Waals surface area (Å²) in [5, 5.41) is 2.99. The number of amides is 1. The maximum Gasteiger partial charge on any atom is 0.238 e. The molecule has 2 aliphatic rings. The largest absolute Gasteiger partial charge is 0.492 e. The van der Waals surface area contributed by atoms with Gasteiger partial charge in [-0.25, -0.2) is 0 Å². The Balaban J connectivity index is 1.58. The topological polar surface area (TPSA) is 60.0 Å². The van der Waals surface area contributed by atoms with E-state index in [1.54, 1.807) is 0 Å². The van der Waals surface area contributed by atoms with Crippen molar-refractivity contribution in [3.63, 3.8) is 0 Å². The molecule has 0 saturated carbocycles. The molecule has 1 aromatic rings. The molecule has 2 aliphatic heterocycles. The highest BCUT2D eigenvalue weighted by Crippen LogP contribution is 2.24. The van der Waals surface area contributed by atoms with E-state index >= 15 is 0 Å². The van der Waals surface area contributed by atoms with Crippen LogP contribution in [0.4, 0.5) is 5.69 Å². The van der Waals surface area contributed by atoms with Gasteiger partial charge < -0.3 is 19.5 Å². The molecule has 2 fully saturated rings. The van der Waals surface area contributed by atoms with Crippen molar-refractivity contribution < 1.29 is 19.0 Å². The summed E-state index contributed by atoms with van der Waals surface area (Å²) in [7, 11) is 0. The average molecular weight is 362 g/mol. The van der Waals surface area contributed by atoms with Gasteiger partial charge in [0.2, 0.25) is 5.91 Å². The Labute approximate surface area is 155 Å². The number of hydrogen-bond donors (Lipinski definition) is 1. The second-order valence-corrected chi connectivity index (χ2v) is 6.94. The maximum atomic E-state index is 12.6. The van der Waals surface area contributed by atoms with Crippen molar-refractivity contribution >= 4 is 11.6 Å². The summed E-state index contributed by atoms with van der Waals surface area (Å²) in [6, 6.07) is 7.54. The number of para-hydroxylation sites is 2. The lowest BCUT2D eigenvalue weighted by Crippen LogP contribution is -2.42. The van der Waals surface area contributed by atoms with Crippen LogP contribution in [0.3, 0.4) is 0 Å². The molecule has 0 radical (unpaired) electrons. The number of rotatable bonds is 9. The van der Waals surface area contributed by atoms with E-state index in [0.29, 0.717) is 24.6 Å². The molecule has 2 unspecified atom stereocenters. The normalized spacial score (nSPS) is 22.7. The number of carbonyl (C=O) groups is 1. The molecule has 3 rings (SSSR count). The highest BCUT2D eigenvalue weighted by Gasteiger charge is 2.25. The Morgan fingerprint density at radius 3 is 2.38 bits per heavy atom. The van der Waals surface area contributed by atoms with E-state index in [-0.39, 0.29) is 18.1 Å². The molecule has 26 heavy (non-hydrogen) atoms. The van der Waals surface area contributed by atoms with Crippen LogP contribution in [0, 0.1) is 0 Å². The van der Waals surface area contributed by atoms with Gasteiger partial charge in [-0.1, -0.05) is 12.1 Å². The van der Waals surface area contributed by atoms with Gasteiger partial charge in [0.15, 0.2) is 0 Å². The standard InChI is InChI=1S/C20H30N2O4/c1-2-24-19-10-4-3-9-18(19)21-20(23)15-22(13-16-7-5-11-25-16)14-17-8-6-12-26-17/h3-4,9-10,16-17H,2,5-8,11-15H2,1H3,(H,21,23). The first kappa shape index (κ1) is 19.1. The van der Waals surface area contributed by atoms with Crippen LogP contribution >= 0.6 is 0 Å². The molecule has 1 amide bonds. The second-order valence-electron chi connectivity index (χ2n) is 6.94. The lowest BCUT2D eigenvalue weighted by molar-refractivity contribution is -0.118. The zero-order valence-corrected chi connectivity index (χ0v) is 15.6. The summed E-state index contributed by atoms with van der Waals surface area (Å²) in [5.41, 5.74) is 0.716. The Bertz CT molecular complexity index is 551. The third-order valence-corrected chi connectivity index (χ3v) is 4.80. The zero-order chi connectivity index (χ0) is 18.2. The van der Waals surface area contributed by atoms with Crippen LogP contribution in [0.15, 0.2) is 24.3 Å². The van der Waals surface area contributed by atoms with Crippen molar-refractivity contribution in [2.24, 2.45) is 0 Å². The van der Waals surface area contributed by atoms with E-state index in [1.165, 1.54) is 0 Å². The lowest BCUT2D eigenvalue weighted by atomic mass is 10.2. The SMILES string of the molecule is CCOc1ccccc1NC(=O)CN(CC1CCCO1)CC1CCCO1. The number of hydrogen-bond acceptors (Lipinski definition) is 5. The minimum absolute atomic E-state index is 0.0341. The van der Waals surface area contributed by atoms with Crippen molar-refractivity contribution in [2.45, 2.75) is 44.8 Å². The second kappa shape index (κ2) is 9.90. The summed E-state index contributed by atoms with van der Waals surface area (Å²) in [6.45, 7) is 6.04. The van der Waals surface area contributed by atoms with Crippen LogP contribution in [-0.2, 0) is 14.3 Å². The third kappa shape index (κ3) is 5.69. The quantitative estimate of drug-likeness (QED) is 0.732. The highest BCUT2D eigenvalue weighted by atomic mass is 16.5. The molecule has 144 valence electrons. The number of ether oxygens (including phenoxy) is 3. The summed E-state index contributed by atoms with van der Waals surface area (Å²) < 4.78 is 17.1. The number of benzene rings is 1. The molecule has 1 N–H and O–H groups in total. The molecule has 6 heteroatoms. The third-order valence-electron chi connectivity index (χ3n) is 4.80. The molecule has 1 aromatic carbocycles. The van der Waals surface area contributed by atoms with E-state index in [9.17, 15) is 4.79 Å². The zero-order valence-electron chi connectivity index (χ0n) is 15.6. The summed E-state index contributed by atoms with van der Waals surface area (Å²) in [6.07, 6.45) is 4.78. The molecule has 0 aromatic heterocycles. The van der Waals surface area contributed by atoms with Gasteiger partial charge in [0.05, 0.1) is 31.0 Å². The predicted octanol–water partition coefficient (Wildman–Crippen LogP) is 2.68. The van der Waals surface area contributed by atoms with Crippen molar-refractivity contribution in [3.8, 4) is 5.75 Å². The molecule has 6 nitrogen and oxygen atoms in total. The van der Waals surface area contributed by atoms with E-state index in [0.717, 1.165) is 52.0 Å². The van der Waals surface area contributed by atoms with Crippen LogP contribution in [-0.4, -0.2) is 62.5 Å². The first-order valence-corrected chi connectivity index (χ1v) is 9.72. The molecule has 2 atom stereocenters. The van der Waals surface area contributed by atoms with Gasteiger partial charge >= 0.3 is 0 Å². The summed E-state index contributed by atoms with van der Waals surface area (Å²) in [5.74, 6) is 0.668. The predicted molar refractivity (Wildman–Crippen MR) is 101 cm³/mol. The fourth-order valence-electron chi connectivity index (χ4n) is 3.60. The monoisotopic (exact) mass is 362 g/mol. The van der Waals surface area contributed by atoms with Crippen molar-refractivity contribution in [1.82, 2.24) is 4.90 Å². The Kier molecular flexibility index (Phi) is 7.29.